The highest BCUT2D eigenvalue weighted by Gasteiger charge is 2.13. The van der Waals surface area contributed by atoms with Crippen molar-refractivity contribution in [2.75, 3.05) is 5.73 Å². The number of aromatic amines is 1. The second kappa shape index (κ2) is 3.97. The lowest BCUT2D eigenvalue weighted by molar-refractivity contribution is 0.0999. The Morgan fingerprint density at radius 1 is 1.47 bits per heavy atom. The van der Waals surface area contributed by atoms with Gasteiger partial charge in [0.1, 0.15) is 11.3 Å². The van der Waals surface area contributed by atoms with Crippen LogP contribution in [0.2, 0.25) is 0 Å². The molecule has 0 bridgehead atoms. The molecule has 0 saturated heterocycles. The summed E-state index contributed by atoms with van der Waals surface area (Å²) in [6, 6.07) is 3.18. The molecule has 0 fully saturated rings. The van der Waals surface area contributed by atoms with Crippen molar-refractivity contribution in [1.82, 2.24) is 9.97 Å². The number of nitrogens with one attached hydrogen (secondary N) is 1. The maximum absolute atomic E-state index is 11.2. The smallest absolute Gasteiger partial charge is 0.248 e. The van der Waals surface area contributed by atoms with Crippen LogP contribution in [0.4, 0.5) is 5.95 Å². The van der Waals surface area contributed by atoms with Gasteiger partial charge in [-0.2, -0.15) is 0 Å². The molecule has 17 heavy (non-hydrogen) atoms. The van der Waals surface area contributed by atoms with Crippen LogP contribution in [0.1, 0.15) is 24.2 Å². The Morgan fingerprint density at radius 3 is 2.76 bits per heavy atom. The number of nitrogens with zero attached hydrogens (tertiary/aromatic N) is 1. The van der Waals surface area contributed by atoms with Crippen LogP contribution in [-0.2, 0) is 0 Å². The summed E-state index contributed by atoms with van der Waals surface area (Å²) in [6.45, 7) is 3.78. The average Bonchev–Trinajstić information content (AvgIpc) is 2.57. The predicted octanol–water partition coefficient (Wildman–Crippen LogP) is 1.03. The summed E-state index contributed by atoms with van der Waals surface area (Å²) in [5.41, 5.74) is 12.4. The van der Waals surface area contributed by atoms with Gasteiger partial charge < -0.3 is 21.2 Å². The maximum Gasteiger partial charge on any atom is 0.248 e. The molecule has 6 nitrogen and oxygen atoms in total. The molecule has 0 aliphatic heterocycles. The van der Waals surface area contributed by atoms with Gasteiger partial charge in [0.25, 0.3) is 0 Å². The van der Waals surface area contributed by atoms with Crippen LogP contribution in [0.15, 0.2) is 12.1 Å². The highest BCUT2D eigenvalue weighted by Crippen LogP contribution is 2.27. The van der Waals surface area contributed by atoms with E-state index in [2.05, 4.69) is 9.97 Å². The van der Waals surface area contributed by atoms with E-state index in [1.54, 1.807) is 12.1 Å². The quantitative estimate of drug-likeness (QED) is 0.737. The summed E-state index contributed by atoms with van der Waals surface area (Å²) in [4.78, 5) is 18.1. The van der Waals surface area contributed by atoms with E-state index in [1.165, 1.54) is 0 Å². The SMILES string of the molecule is CC(C)Oc1cc(C(N)=O)cc2[nH]c(N)nc12. The molecule has 0 atom stereocenters. The highest BCUT2D eigenvalue weighted by molar-refractivity contribution is 5.98. The molecule has 0 saturated carbocycles. The Kier molecular flexibility index (Phi) is 2.63. The molecule has 0 radical (unpaired) electrons. The molecule has 5 N–H and O–H groups in total. The number of imidazole rings is 1. The number of amides is 1. The van der Waals surface area contributed by atoms with Gasteiger partial charge in [0, 0.05) is 5.56 Å². The maximum atomic E-state index is 11.2. The molecule has 1 aromatic carbocycles. The standard InChI is InChI=1S/C11H14N4O2/c1-5(2)17-8-4-6(10(12)16)3-7-9(8)15-11(13)14-7/h3-5H,1-2H3,(H2,12,16)(H3,13,14,15). The second-order valence-electron chi connectivity index (χ2n) is 4.02. The van der Waals surface area contributed by atoms with Crippen molar-refractivity contribution in [3.63, 3.8) is 0 Å². The summed E-state index contributed by atoms with van der Waals surface area (Å²) in [6.07, 6.45) is -0.0285. The molecule has 1 heterocycles. The van der Waals surface area contributed by atoms with Gasteiger partial charge in [-0.1, -0.05) is 0 Å². The van der Waals surface area contributed by atoms with Crippen LogP contribution in [0.5, 0.6) is 5.75 Å². The molecule has 0 aliphatic carbocycles. The number of benzene rings is 1. The van der Waals surface area contributed by atoms with Crippen LogP contribution in [0.25, 0.3) is 11.0 Å². The lowest BCUT2D eigenvalue weighted by Crippen LogP contribution is -2.12. The van der Waals surface area contributed by atoms with Crippen LogP contribution in [-0.4, -0.2) is 22.0 Å². The molecule has 2 rings (SSSR count). The number of nitrogens with two attached hydrogens (primary N) is 2. The van der Waals surface area contributed by atoms with E-state index in [1.807, 2.05) is 13.8 Å². The van der Waals surface area contributed by atoms with Crippen LogP contribution in [0, 0.1) is 0 Å². The van der Waals surface area contributed by atoms with Crippen molar-refractivity contribution < 1.29 is 9.53 Å². The van der Waals surface area contributed by atoms with E-state index in [-0.39, 0.29) is 12.1 Å². The average molecular weight is 234 g/mol. The Hall–Kier alpha value is -2.24. The first kappa shape index (κ1) is 11.3. The number of rotatable bonds is 3. The molecule has 2 aromatic rings. The van der Waals surface area contributed by atoms with Gasteiger partial charge in [0.2, 0.25) is 5.91 Å². The minimum Gasteiger partial charge on any atom is -0.489 e. The van der Waals surface area contributed by atoms with Gasteiger partial charge in [-0.25, -0.2) is 4.98 Å². The lowest BCUT2D eigenvalue weighted by atomic mass is 10.1. The number of hydrogen-bond donors (Lipinski definition) is 3. The van der Waals surface area contributed by atoms with Gasteiger partial charge in [0.15, 0.2) is 5.95 Å². The topological polar surface area (TPSA) is 107 Å². The first-order valence-electron chi connectivity index (χ1n) is 5.23. The Balaban J connectivity index is 2.64. The van der Waals surface area contributed by atoms with Gasteiger partial charge in [-0.05, 0) is 26.0 Å². The number of nitrogen functional groups attached to an aromatic ring is 1. The molecule has 90 valence electrons. The van der Waals surface area contributed by atoms with E-state index < -0.39 is 5.91 Å². The largest absolute Gasteiger partial charge is 0.489 e. The number of primary amides is 1. The zero-order valence-electron chi connectivity index (χ0n) is 9.65. The number of ether oxygens (including phenoxy) is 1. The van der Waals surface area contributed by atoms with Crippen molar-refractivity contribution in [3.05, 3.63) is 17.7 Å². The van der Waals surface area contributed by atoms with Crippen molar-refractivity contribution in [3.8, 4) is 5.75 Å². The Morgan fingerprint density at radius 2 is 2.18 bits per heavy atom. The third-order valence-corrected chi connectivity index (χ3v) is 2.22. The molecular formula is C11H14N4O2. The summed E-state index contributed by atoms with van der Waals surface area (Å²) in [5.74, 6) is 0.253. The zero-order chi connectivity index (χ0) is 12.6. The third kappa shape index (κ3) is 2.15. The summed E-state index contributed by atoms with van der Waals surface area (Å²) < 4.78 is 5.59. The van der Waals surface area contributed by atoms with Crippen LogP contribution >= 0.6 is 0 Å². The highest BCUT2D eigenvalue weighted by atomic mass is 16.5. The molecule has 6 heteroatoms. The normalized spacial score (nSPS) is 11.0. The van der Waals surface area contributed by atoms with Crippen molar-refractivity contribution in [2.45, 2.75) is 20.0 Å². The van der Waals surface area contributed by atoms with E-state index in [9.17, 15) is 4.79 Å². The first-order valence-corrected chi connectivity index (χ1v) is 5.23. The monoisotopic (exact) mass is 234 g/mol. The van der Waals surface area contributed by atoms with Crippen LogP contribution in [0.3, 0.4) is 0 Å². The van der Waals surface area contributed by atoms with E-state index in [0.717, 1.165) is 0 Å². The number of hydrogen-bond acceptors (Lipinski definition) is 4. The summed E-state index contributed by atoms with van der Waals surface area (Å²) in [7, 11) is 0. The molecule has 0 unspecified atom stereocenters. The van der Waals surface area contributed by atoms with Crippen LogP contribution < -0.4 is 16.2 Å². The van der Waals surface area contributed by atoms with E-state index in [4.69, 9.17) is 16.2 Å². The van der Waals surface area contributed by atoms with Gasteiger partial charge >= 0.3 is 0 Å². The Bertz CT molecular complexity index is 574. The third-order valence-electron chi connectivity index (χ3n) is 2.22. The first-order chi connectivity index (χ1) is 7.97. The van der Waals surface area contributed by atoms with E-state index in [0.29, 0.717) is 22.3 Å². The minimum atomic E-state index is -0.520. The molecule has 1 aromatic heterocycles. The van der Waals surface area contributed by atoms with E-state index >= 15 is 0 Å². The van der Waals surface area contributed by atoms with Crippen molar-refractivity contribution in [1.29, 1.82) is 0 Å². The fraction of sp³-hybridized carbons (Fsp3) is 0.273. The van der Waals surface area contributed by atoms with Gasteiger partial charge in [-0.15, -0.1) is 0 Å². The Labute approximate surface area is 98.0 Å². The zero-order valence-corrected chi connectivity index (χ0v) is 9.65. The number of carbonyl (C=O) groups is 1. The summed E-state index contributed by atoms with van der Waals surface area (Å²) in [5, 5.41) is 0. The molecule has 0 spiro atoms. The lowest BCUT2D eigenvalue weighted by Gasteiger charge is -2.10. The number of fused-ring (bicyclic) bond motifs is 1. The number of carbonyl (C=O) groups excluding carboxylic acids is 1. The minimum absolute atomic E-state index is 0.0285. The van der Waals surface area contributed by atoms with Gasteiger partial charge in [0.05, 0.1) is 11.6 Å². The van der Waals surface area contributed by atoms with Gasteiger partial charge in [-0.3, -0.25) is 4.79 Å². The molecular weight excluding hydrogens is 220 g/mol. The second-order valence-corrected chi connectivity index (χ2v) is 4.02. The fourth-order valence-electron chi connectivity index (χ4n) is 1.59. The number of anilines is 1. The fourth-order valence-corrected chi connectivity index (χ4v) is 1.59. The number of aromatic nitrogens is 2. The van der Waals surface area contributed by atoms with Crippen molar-refractivity contribution in [2.24, 2.45) is 5.73 Å². The summed E-state index contributed by atoms with van der Waals surface area (Å²) >= 11 is 0. The number of H-pyrrole nitrogens is 1. The molecule has 1 amide bonds. The predicted molar refractivity (Wildman–Crippen MR) is 64.8 cm³/mol. The van der Waals surface area contributed by atoms with Crippen molar-refractivity contribution >= 4 is 22.9 Å². The molecule has 0 aliphatic rings.